The molecule has 1 N–H and O–H groups in total. The van der Waals surface area contributed by atoms with E-state index in [0.29, 0.717) is 25.2 Å². The lowest BCUT2D eigenvalue weighted by Gasteiger charge is -2.25. The number of urea groups is 1. The third-order valence-corrected chi connectivity index (χ3v) is 3.45. The van der Waals surface area contributed by atoms with E-state index in [4.69, 9.17) is 4.52 Å². The van der Waals surface area contributed by atoms with Gasteiger partial charge >= 0.3 is 12.2 Å². The van der Waals surface area contributed by atoms with E-state index in [2.05, 4.69) is 10.5 Å². The fourth-order valence-corrected chi connectivity index (χ4v) is 2.26. The van der Waals surface area contributed by atoms with Gasteiger partial charge in [-0.15, -0.1) is 0 Å². The fourth-order valence-electron chi connectivity index (χ4n) is 2.26. The molecule has 0 atom stereocenters. The molecule has 0 aliphatic carbocycles. The molecule has 3 rings (SSSR count). The van der Waals surface area contributed by atoms with E-state index < -0.39 is 11.7 Å². The molecule has 1 aromatic heterocycles. The van der Waals surface area contributed by atoms with Gasteiger partial charge in [0.05, 0.1) is 18.3 Å². The topological polar surface area (TPSA) is 58.4 Å². The van der Waals surface area contributed by atoms with Gasteiger partial charge in [0, 0.05) is 24.2 Å². The van der Waals surface area contributed by atoms with Gasteiger partial charge in [-0.25, -0.2) is 4.79 Å². The lowest BCUT2D eigenvalue weighted by Crippen LogP contribution is -2.38. The summed E-state index contributed by atoms with van der Waals surface area (Å²) in [7, 11) is 0. The van der Waals surface area contributed by atoms with Gasteiger partial charge in [-0.3, -0.25) is 0 Å². The first-order valence-electron chi connectivity index (χ1n) is 6.59. The van der Waals surface area contributed by atoms with Crippen LogP contribution in [0.3, 0.4) is 0 Å². The molecule has 0 radical (unpaired) electrons. The van der Waals surface area contributed by atoms with Crippen molar-refractivity contribution in [1.29, 1.82) is 0 Å². The minimum atomic E-state index is -4.39. The Labute approximate surface area is 123 Å². The van der Waals surface area contributed by atoms with E-state index in [1.807, 2.05) is 0 Å². The van der Waals surface area contributed by atoms with Crippen molar-refractivity contribution in [3.63, 3.8) is 0 Å². The zero-order valence-electron chi connectivity index (χ0n) is 11.4. The number of rotatable bonds is 1. The molecule has 0 spiro atoms. The number of fused-ring (bicyclic) bond motifs is 1. The highest BCUT2D eigenvalue weighted by Crippen LogP contribution is 2.30. The second-order valence-corrected chi connectivity index (χ2v) is 4.95. The van der Waals surface area contributed by atoms with Crippen molar-refractivity contribution in [3.05, 3.63) is 47.3 Å². The maximum Gasteiger partial charge on any atom is 0.416 e. The molecule has 0 bridgehead atoms. The number of nitrogens with zero attached hydrogens (tertiary/aromatic N) is 2. The first kappa shape index (κ1) is 14.4. The van der Waals surface area contributed by atoms with E-state index in [1.54, 1.807) is 11.1 Å². The third kappa shape index (κ3) is 2.90. The van der Waals surface area contributed by atoms with Crippen LogP contribution in [0.4, 0.5) is 23.7 Å². The number of amides is 2. The Kier molecular flexibility index (Phi) is 3.51. The Hall–Kier alpha value is -2.51. The molecule has 1 aliphatic rings. The Morgan fingerprint density at radius 1 is 1.27 bits per heavy atom. The van der Waals surface area contributed by atoms with Crippen LogP contribution < -0.4 is 5.32 Å². The van der Waals surface area contributed by atoms with Crippen LogP contribution in [0, 0.1) is 0 Å². The summed E-state index contributed by atoms with van der Waals surface area (Å²) in [4.78, 5) is 13.7. The maximum atomic E-state index is 12.5. The lowest BCUT2D eigenvalue weighted by molar-refractivity contribution is -0.137. The first-order chi connectivity index (χ1) is 10.4. The van der Waals surface area contributed by atoms with Gasteiger partial charge in [0.15, 0.2) is 0 Å². The second kappa shape index (κ2) is 5.36. The monoisotopic (exact) mass is 311 g/mol. The number of hydrogen-bond donors (Lipinski definition) is 1. The average molecular weight is 311 g/mol. The summed E-state index contributed by atoms with van der Waals surface area (Å²) >= 11 is 0. The molecule has 0 fully saturated rings. The van der Waals surface area contributed by atoms with Crippen molar-refractivity contribution in [2.75, 3.05) is 11.9 Å². The smallest absolute Gasteiger partial charge is 0.361 e. The number of carbonyl (C=O) groups is 1. The lowest BCUT2D eigenvalue weighted by atomic mass is 10.1. The number of nitrogens with one attached hydrogen (secondary N) is 1. The summed E-state index contributed by atoms with van der Waals surface area (Å²) in [5.74, 6) is 0.763. The molecule has 1 aromatic carbocycles. The Bertz CT molecular complexity index is 679. The van der Waals surface area contributed by atoms with Crippen molar-refractivity contribution in [3.8, 4) is 0 Å². The van der Waals surface area contributed by atoms with Gasteiger partial charge in [0.2, 0.25) is 0 Å². The predicted molar refractivity (Wildman–Crippen MR) is 71.1 cm³/mol. The van der Waals surface area contributed by atoms with Crippen molar-refractivity contribution in [2.45, 2.75) is 19.1 Å². The van der Waals surface area contributed by atoms with Gasteiger partial charge in [0.25, 0.3) is 0 Å². The largest absolute Gasteiger partial charge is 0.416 e. The van der Waals surface area contributed by atoms with Gasteiger partial charge in [-0.2, -0.15) is 13.2 Å². The Morgan fingerprint density at radius 2 is 2.00 bits per heavy atom. The quantitative estimate of drug-likeness (QED) is 0.879. The number of benzene rings is 1. The fraction of sp³-hybridized carbons (Fsp3) is 0.286. The van der Waals surface area contributed by atoms with Crippen LogP contribution in [-0.2, 0) is 19.1 Å². The normalized spacial score (nSPS) is 14.6. The number of anilines is 1. The molecule has 2 heterocycles. The molecule has 0 saturated carbocycles. The van der Waals surface area contributed by atoms with Crippen LogP contribution in [0.15, 0.2) is 35.0 Å². The van der Waals surface area contributed by atoms with Gasteiger partial charge in [-0.1, -0.05) is 5.16 Å². The van der Waals surface area contributed by atoms with Crippen LogP contribution in [0.2, 0.25) is 0 Å². The molecule has 116 valence electrons. The van der Waals surface area contributed by atoms with E-state index in [-0.39, 0.29) is 6.03 Å². The number of alkyl halides is 3. The molecule has 2 amide bonds. The molecule has 8 heteroatoms. The maximum absolute atomic E-state index is 12.5. The van der Waals surface area contributed by atoms with Gasteiger partial charge < -0.3 is 14.7 Å². The second-order valence-electron chi connectivity index (χ2n) is 4.95. The van der Waals surface area contributed by atoms with E-state index >= 15 is 0 Å². The average Bonchev–Trinajstić information content (AvgIpc) is 2.94. The molecule has 0 saturated heterocycles. The molecule has 1 aliphatic heterocycles. The molecule has 2 aromatic rings. The van der Waals surface area contributed by atoms with Gasteiger partial charge in [-0.05, 0) is 24.3 Å². The molecule has 0 unspecified atom stereocenters. The van der Waals surface area contributed by atoms with E-state index in [0.717, 1.165) is 23.5 Å². The summed E-state index contributed by atoms with van der Waals surface area (Å²) in [6, 6.07) is 3.96. The standard InChI is InChI=1S/C14H12F3N3O2/c15-14(16,17)10-1-3-11(4-2-10)19-13(21)20-6-5-12-9(8-20)7-18-22-12/h1-4,7H,5-6,8H2,(H,19,21). The van der Waals surface area contributed by atoms with E-state index in [9.17, 15) is 18.0 Å². The van der Waals surface area contributed by atoms with Crippen LogP contribution in [0.1, 0.15) is 16.9 Å². The minimum absolute atomic E-state index is 0.314. The van der Waals surface area contributed by atoms with Crippen molar-refractivity contribution >= 4 is 11.7 Å². The summed E-state index contributed by atoms with van der Waals surface area (Å²) < 4.78 is 42.5. The molecule has 22 heavy (non-hydrogen) atoms. The zero-order chi connectivity index (χ0) is 15.7. The minimum Gasteiger partial charge on any atom is -0.361 e. The highest BCUT2D eigenvalue weighted by molar-refractivity contribution is 5.89. The summed E-state index contributed by atoms with van der Waals surface area (Å²) in [5, 5.41) is 6.26. The van der Waals surface area contributed by atoms with Crippen molar-refractivity contribution < 1.29 is 22.5 Å². The zero-order valence-corrected chi connectivity index (χ0v) is 11.4. The van der Waals surface area contributed by atoms with E-state index in [1.165, 1.54) is 12.1 Å². The molecular formula is C14H12F3N3O2. The van der Waals surface area contributed by atoms with Crippen LogP contribution in [0.25, 0.3) is 0 Å². The predicted octanol–water partition coefficient (Wildman–Crippen LogP) is 3.28. The highest BCUT2D eigenvalue weighted by Gasteiger charge is 2.30. The Balaban J connectivity index is 1.65. The SMILES string of the molecule is O=C(Nc1ccc(C(F)(F)F)cc1)N1CCc2oncc2C1. The highest BCUT2D eigenvalue weighted by atomic mass is 19.4. The summed E-state index contributed by atoms with van der Waals surface area (Å²) in [5.41, 5.74) is 0.403. The number of aromatic nitrogens is 1. The summed E-state index contributed by atoms with van der Waals surface area (Å²) in [6.07, 6.45) is -2.26. The number of hydrogen-bond acceptors (Lipinski definition) is 3. The van der Waals surface area contributed by atoms with Crippen LogP contribution >= 0.6 is 0 Å². The molecular weight excluding hydrogens is 299 g/mol. The van der Waals surface area contributed by atoms with Crippen molar-refractivity contribution in [2.24, 2.45) is 0 Å². The number of halogens is 3. The third-order valence-electron chi connectivity index (χ3n) is 3.45. The van der Waals surface area contributed by atoms with Crippen LogP contribution in [-0.4, -0.2) is 22.6 Å². The van der Waals surface area contributed by atoms with Gasteiger partial charge in [0.1, 0.15) is 5.76 Å². The first-order valence-corrected chi connectivity index (χ1v) is 6.59. The Morgan fingerprint density at radius 3 is 2.68 bits per heavy atom. The summed E-state index contributed by atoms with van der Waals surface area (Å²) in [6.45, 7) is 0.833. The molecule has 5 nitrogen and oxygen atoms in total. The number of carbonyl (C=O) groups excluding carboxylic acids is 1. The van der Waals surface area contributed by atoms with Crippen molar-refractivity contribution in [1.82, 2.24) is 10.1 Å². The van der Waals surface area contributed by atoms with Crippen LogP contribution in [0.5, 0.6) is 0 Å².